The Morgan fingerprint density at radius 1 is 1.50 bits per heavy atom. The van der Waals surface area contributed by atoms with E-state index in [1.165, 1.54) is 0 Å². The highest BCUT2D eigenvalue weighted by Crippen LogP contribution is 2.14. The van der Waals surface area contributed by atoms with Gasteiger partial charge in [0.2, 0.25) is 5.70 Å². The summed E-state index contributed by atoms with van der Waals surface area (Å²) in [5.41, 5.74) is 0.337. The van der Waals surface area contributed by atoms with Gasteiger partial charge in [-0.2, -0.15) is 0 Å². The lowest BCUT2D eigenvalue weighted by molar-refractivity contribution is -0.433. The van der Waals surface area contributed by atoms with Crippen molar-refractivity contribution < 1.29 is 4.92 Å². The number of hydrogen-bond donors (Lipinski definition) is 0. The molecule has 0 aromatic rings. The summed E-state index contributed by atoms with van der Waals surface area (Å²) < 4.78 is 0. The smallest absolute Gasteiger partial charge is 0.245 e. The second-order valence-electron chi connectivity index (χ2n) is 3.39. The molecule has 1 atom stereocenters. The van der Waals surface area contributed by atoms with Crippen LogP contribution in [0.25, 0.3) is 0 Å². The van der Waals surface area contributed by atoms with Crippen molar-refractivity contribution in [3.8, 4) is 0 Å². The van der Waals surface area contributed by atoms with Crippen molar-refractivity contribution >= 4 is 0 Å². The second-order valence-corrected chi connectivity index (χ2v) is 3.39. The maximum Gasteiger partial charge on any atom is 0.245 e. The van der Waals surface area contributed by atoms with E-state index in [9.17, 15) is 10.1 Å². The lowest BCUT2D eigenvalue weighted by atomic mass is 10.0. The minimum Gasteiger partial charge on any atom is -0.259 e. The van der Waals surface area contributed by atoms with Gasteiger partial charge in [0.15, 0.2) is 0 Å². The van der Waals surface area contributed by atoms with E-state index in [1.54, 1.807) is 6.08 Å². The van der Waals surface area contributed by atoms with E-state index in [2.05, 4.69) is 0 Å². The van der Waals surface area contributed by atoms with Gasteiger partial charge in [0.1, 0.15) is 0 Å². The van der Waals surface area contributed by atoms with Crippen LogP contribution in [-0.2, 0) is 0 Å². The highest BCUT2D eigenvalue weighted by molar-refractivity contribution is 4.97. The van der Waals surface area contributed by atoms with Crippen LogP contribution in [0, 0.1) is 22.0 Å². The maximum atomic E-state index is 10.5. The first-order valence-corrected chi connectivity index (χ1v) is 4.35. The molecule has 0 radical (unpaired) electrons. The molecule has 3 nitrogen and oxygen atoms in total. The van der Waals surface area contributed by atoms with E-state index in [-0.39, 0.29) is 10.8 Å². The molecule has 1 unspecified atom stereocenters. The van der Waals surface area contributed by atoms with Gasteiger partial charge in [-0.05, 0) is 18.4 Å². The van der Waals surface area contributed by atoms with E-state index < -0.39 is 0 Å². The molecule has 0 aliphatic heterocycles. The third-order valence-electron chi connectivity index (χ3n) is 1.90. The molecular weight excluding hydrogens is 154 g/mol. The molecule has 0 N–H and O–H groups in total. The summed E-state index contributed by atoms with van der Waals surface area (Å²) in [5.74, 6) is 0.307. The Bertz CT molecular complexity index is 185. The first-order chi connectivity index (χ1) is 5.49. The van der Waals surface area contributed by atoms with Gasteiger partial charge in [0.05, 0.1) is 4.92 Å². The van der Waals surface area contributed by atoms with Gasteiger partial charge in [0.25, 0.3) is 0 Å². The summed E-state index contributed by atoms with van der Waals surface area (Å²) in [7, 11) is 0. The van der Waals surface area contributed by atoms with Gasteiger partial charge in [-0.15, -0.1) is 0 Å². The summed E-state index contributed by atoms with van der Waals surface area (Å²) in [6.07, 6.45) is 2.70. The SMILES string of the molecule is CCC(C)/C=C(/C(C)C)[N+](=O)[O-]. The van der Waals surface area contributed by atoms with Crippen molar-refractivity contribution in [3.63, 3.8) is 0 Å². The second kappa shape index (κ2) is 4.91. The van der Waals surface area contributed by atoms with Gasteiger partial charge in [-0.25, -0.2) is 0 Å². The van der Waals surface area contributed by atoms with Crippen molar-refractivity contribution in [1.82, 2.24) is 0 Å². The van der Waals surface area contributed by atoms with Crippen molar-refractivity contribution in [2.45, 2.75) is 34.1 Å². The molecule has 0 bridgehead atoms. The molecule has 70 valence electrons. The lowest BCUT2D eigenvalue weighted by Gasteiger charge is -2.04. The average molecular weight is 171 g/mol. The van der Waals surface area contributed by atoms with Gasteiger partial charge in [-0.3, -0.25) is 10.1 Å². The van der Waals surface area contributed by atoms with Crippen LogP contribution in [0.3, 0.4) is 0 Å². The zero-order valence-corrected chi connectivity index (χ0v) is 8.20. The molecule has 0 heterocycles. The molecule has 0 saturated heterocycles. The molecule has 0 aromatic carbocycles. The number of nitrogens with zero attached hydrogens (tertiary/aromatic N) is 1. The quantitative estimate of drug-likeness (QED) is 0.482. The van der Waals surface area contributed by atoms with Gasteiger partial charge in [0, 0.05) is 5.92 Å². The highest BCUT2D eigenvalue weighted by atomic mass is 16.6. The third kappa shape index (κ3) is 3.51. The zero-order valence-electron chi connectivity index (χ0n) is 8.20. The molecule has 0 rings (SSSR count). The molecule has 0 amide bonds. The minimum absolute atomic E-state index is 0.00833. The van der Waals surface area contributed by atoms with Crippen molar-refractivity contribution in [1.29, 1.82) is 0 Å². The highest BCUT2D eigenvalue weighted by Gasteiger charge is 2.16. The molecular formula is C9H17NO2. The summed E-state index contributed by atoms with van der Waals surface area (Å²) in [6.45, 7) is 7.71. The predicted molar refractivity (Wildman–Crippen MR) is 49.4 cm³/mol. The Morgan fingerprint density at radius 3 is 2.25 bits per heavy atom. The monoisotopic (exact) mass is 171 g/mol. The molecule has 0 aliphatic rings. The lowest BCUT2D eigenvalue weighted by Crippen LogP contribution is -2.07. The first kappa shape index (κ1) is 11.1. The van der Waals surface area contributed by atoms with Crippen LogP contribution in [0.4, 0.5) is 0 Å². The standard InChI is InChI=1S/C9H17NO2/c1-5-8(4)6-9(7(2)3)10(11)12/h6-8H,5H2,1-4H3/b9-6-. The molecule has 0 spiro atoms. The fraction of sp³-hybridized carbons (Fsp3) is 0.778. The van der Waals surface area contributed by atoms with Crippen LogP contribution in [-0.4, -0.2) is 4.92 Å². The zero-order chi connectivity index (χ0) is 9.72. The van der Waals surface area contributed by atoms with Gasteiger partial charge in [-0.1, -0.05) is 27.7 Å². The Morgan fingerprint density at radius 2 is 2.00 bits per heavy atom. The van der Waals surface area contributed by atoms with E-state index in [0.29, 0.717) is 11.6 Å². The van der Waals surface area contributed by atoms with Crippen molar-refractivity contribution in [3.05, 3.63) is 21.9 Å². The van der Waals surface area contributed by atoms with E-state index >= 15 is 0 Å². The summed E-state index contributed by atoms with van der Waals surface area (Å²) >= 11 is 0. The van der Waals surface area contributed by atoms with E-state index in [1.807, 2.05) is 27.7 Å². The molecule has 0 fully saturated rings. The number of allylic oxidation sites excluding steroid dienone is 2. The predicted octanol–water partition coefficient (Wildman–Crippen LogP) is 2.85. The molecule has 0 aromatic heterocycles. The van der Waals surface area contributed by atoms with E-state index in [0.717, 1.165) is 6.42 Å². The third-order valence-corrected chi connectivity index (χ3v) is 1.90. The number of nitro groups is 1. The Hall–Kier alpha value is -0.860. The first-order valence-electron chi connectivity index (χ1n) is 4.35. The Kier molecular flexibility index (Phi) is 4.55. The van der Waals surface area contributed by atoms with Crippen LogP contribution >= 0.6 is 0 Å². The topological polar surface area (TPSA) is 43.1 Å². The summed E-state index contributed by atoms with van der Waals surface area (Å²) in [4.78, 5) is 10.2. The fourth-order valence-corrected chi connectivity index (χ4v) is 0.873. The van der Waals surface area contributed by atoms with Gasteiger partial charge < -0.3 is 0 Å². The fourth-order valence-electron chi connectivity index (χ4n) is 0.873. The summed E-state index contributed by atoms with van der Waals surface area (Å²) in [6, 6.07) is 0. The normalized spacial score (nSPS) is 14.9. The van der Waals surface area contributed by atoms with Gasteiger partial charge >= 0.3 is 0 Å². The Labute approximate surface area is 73.6 Å². The van der Waals surface area contributed by atoms with Crippen molar-refractivity contribution in [2.24, 2.45) is 11.8 Å². The van der Waals surface area contributed by atoms with Crippen LogP contribution in [0.1, 0.15) is 34.1 Å². The maximum absolute atomic E-state index is 10.5. The van der Waals surface area contributed by atoms with Crippen LogP contribution in [0.15, 0.2) is 11.8 Å². The molecule has 0 saturated carbocycles. The van der Waals surface area contributed by atoms with Crippen LogP contribution < -0.4 is 0 Å². The molecule has 3 heteroatoms. The number of hydrogen-bond acceptors (Lipinski definition) is 2. The van der Waals surface area contributed by atoms with Crippen LogP contribution in [0.5, 0.6) is 0 Å². The van der Waals surface area contributed by atoms with Crippen LogP contribution in [0.2, 0.25) is 0 Å². The molecule has 12 heavy (non-hydrogen) atoms. The molecule has 0 aliphatic carbocycles. The summed E-state index contributed by atoms with van der Waals surface area (Å²) in [5, 5.41) is 10.5. The number of rotatable bonds is 4. The Balaban J connectivity index is 4.49. The largest absolute Gasteiger partial charge is 0.259 e. The van der Waals surface area contributed by atoms with Crippen molar-refractivity contribution in [2.75, 3.05) is 0 Å². The average Bonchev–Trinajstić information content (AvgIpc) is 1.98. The van der Waals surface area contributed by atoms with E-state index in [4.69, 9.17) is 0 Å². The minimum atomic E-state index is -0.281.